The van der Waals surface area contributed by atoms with Crippen LogP contribution in [0.4, 0.5) is 13.2 Å². The van der Waals surface area contributed by atoms with Crippen LogP contribution >= 0.6 is 0 Å². The number of alkyl halides is 2. The van der Waals surface area contributed by atoms with Crippen LogP contribution in [0.25, 0.3) is 0 Å². The number of aryl methyl sites for hydroxylation is 1. The Labute approximate surface area is 111 Å². The zero-order valence-electron chi connectivity index (χ0n) is 11.2. The number of nitrogens with two attached hydrogens (primary N) is 1. The van der Waals surface area contributed by atoms with Gasteiger partial charge < -0.3 is 5.73 Å². The van der Waals surface area contributed by atoms with E-state index in [1.165, 1.54) is 13.0 Å². The summed E-state index contributed by atoms with van der Waals surface area (Å²) in [5.41, 5.74) is 6.25. The third-order valence-electron chi connectivity index (χ3n) is 3.93. The summed E-state index contributed by atoms with van der Waals surface area (Å²) in [5.74, 6) is -0.428. The maximum atomic E-state index is 13.8. The normalized spacial score (nSPS) is 24.4. The lowest BCUT2D eigenvalue weighted by Crippen LogP contribution is -2.20. The third kappa shape index (κ3) is 2.77. The molecule has 1 aromatic rings. The molecule has 1 aromatic carbocycles. The van der Waals surface area contributed by atoms with E-state index in [2.05, 4.69) is 4.90 Å². The predicted octanol–water partition coefficient (Wildman–Crippen LogP) is 3.02. The van der Waals surface area contributed by atoms with E-state index >= 15 is 0 Å². The molecule has 1 fully saturated rings. The molecular formula is C14H19F3N2. The van der Waals surface area contributed by atoms with Crippen LogP contribution in [-0.2, 0) is 0 Å². The van der Waals surface area contributed by atoms with Gasteiger partial charge in [-0.15, -0.1) is 0 Å². The van der Waals surface area contributed by atoms with Crippen molar-refractivity contribution in [2.45, 2.75) is 25.8 Å². The summed E-state index contributed by atoms with van der Waals surface area (Å²) in [7, 11) is 1.95. The van der Waals surface area contributed by atoms with Gasteiger partial charge in [0.1, 0.15) is 5.82 Å². The Bertz CT molecular complexity index is 439. The van der Waals surface area contributed by atoms with Crippen molar-refractivity contribution < 1.29 is 13.2 Å². The first-order valence-electron chi connectivity index (χ1n) is 6.42. The van der Waals surface area contributed by atoms with E-state index in [0.29, 0.717) is 18.0 Å². The highest BCUT2D eigenvalue weighted by Crippen LogP contribution is 2.36. The first-order valence-corrected chi connectivity index (χ1v) is 6.42. The van der Waals surface area contributed by atoms with Crippen LogP contribution in [0.15, 0.2) is 12.1 Å². The average molecular weight is 272 g/mol. The van der Waals surface area contributed by atoms with E-state index in [1.54, 1.807) is 6.07 Å². The van der Waals surface area contributed by atoms with Crippen molar-refractivity contribution in [3.8, 4) is 0 Å². The van der Waals surface area contributed by atoms with Gasteiger partial charge in [0, 0.05) is 12.6 Å². The van der Waals surface area contributed by atoms with Crippen molar-refractivity contribution in [2.75, 3.05) is 20.1 Å². The Morgan fingerprint density at radius 2 is 2.11 bits per heavy atom. The minimum atomic E-state index is -2.77. The first kappa shape index (κ1) is 14.3. The molecule has 0 spiro atoms. The predicted molar refractivity (Wildman–Crippen MR) is 68.6 cm³/mol. The second-order valence-electron chi connectivity index (χ2n) is 5.33. The molecule has 0 aromatic heterocycles. The summed E-state index contributed by atoms with van der Waals surface area (Å²) < 4.78 is 39.2. The zero-order valence-corrected chi connectivity index (χ0v) is 11.2. The van der Waals surface area contributed by atoms with E-state index in [-0.39, 0.29) is 6.04 Å². The van der Waals surface area contributed by atoms with Gasteiger partial charge in [-0.2, -0.15) is 0 Å². The highest BCUT2D eigenvalue weighted by atomic mass is 19.3. The molecule has 0 radical (unpaired) electrons. The van der Waals surface area contributed by atoms with Crippen molar-refractivity contribution in [3.63, 3.8) is 0 Å². The van der Waals surface area contributed by atoms with Gasteiger partial charge in [0.15, 0.2) is 0 Å². The summed E-state index contributed by atoms with van der Waals surface area (Å²) in [6.45, 7) is 2.99. The minimum Gasteiger partial charge on any atom is -0.330 e. The smallest absolute Gasteiger partial charge is 0.266 e. The molecule has 2 rings (SSSR count). The van der Waals surface area contributed by atoms with Crippen molar-refractivity contribution >= 4 is 0 Å². The van der Waals surface area contributed by atoms with Gasteiger partial charge in [-0.25, -0.2) is 13.2 Å². The largest absolute Gasteiger partial charge is 0.330 e. The third-order valence-corrected chi connectivity index (χ3v) is 3.93. The Morgan fingerprint density at radius 3 is 2.58 bits per heavy atom. The number of rotatable bonds is 3. The number of hydrogen-bond acceptors (Lipinski definition) is 2. The lowest BCUT2D eigenvalue weighted by Gasteiger charge is -2.21. The molecule has 0 bridgehead atoms. The van der Waals surface area contributed by atoms with Gasteiger partial charge in [0.25, 0.3) is 6.43 Å². The standard InChI is InChI=1S/C14H19F3N2/c1-8-3-10(5-11(15)13(8)14(16)17)12-4-9(6-18)7-19(12)2/h3,5,9,12,14H,4,6-7,18H2,1-2H3. The molecule has 2 unspecified atom stereocenters. The van der Waals surface area contributed by atoms with Crippen LogP contribution in [0.1, 0.15) is 35.6 Å². The second-order valence-corrected chi connectivity index (χ2v) is 5.33. The second kappa shape index (κ2) is 5.51. The van der Waals surface area contributed by atoms with Gasteiger partial charge in [0.2, 0.25) is 0 Å². The Balaban J connectivity index is 2.32. The lowest BCUT2D eigenvalue weighted by atomic mass is 9.96. The summed E-state index contributed by atoms with van der Waals surface area (Å²) in [6, 6.07) is 2.98. The molecule has 2 nitrogen and oxygen atoms in total. The molecule has 1 heterocycles. The Kier molecular flexibility index (Phi) is 4.16. The minimum absolute atomic E-state index is 0.0634. The summed E-state index contributed by atoms with van der Waals surface area (Å²) >= 11 is 0. The molecular weight excluding hydrogens is 253 g/mol. The molecule has 1 aliphatic rings. The number of nitrogens with zero attached hydrogens (tertiary/aromatic N) is 1. The molecule has 5 heteroatoms. The van der Waals surface area contributed by atoms with Gasteiger partial charge in [0.05, 0.1) is 5.56 Å². The molecule has 1 saturated heterocycles. The highest BCUT2D eigenvalue weighted by Gasteiger charge is 2.31. The highest BCUT2D eigenvalue weighted by molar-refractivity contribution is 5.35. The topological polar surface area (TPSA) is 29.3 Å². The van der Waals surface area contributed by atoms with Crippen LogP contribution in [0, 0.1) is 18.7 Å². The summed E-state index contributed by atoms with van der Waals surface area (Å²) in [6.07, 6.45) is -1.92. The lowest BCUT2D eigenvalue weighted by molar-refractivity contribution is 0.145. The molecule has 106 valence electrons. The molecule has 2 N–H and O–H groups in total. The van der Waals surface area contributed by atoms with Crippen molar-refractivity contribution in [1.82, 2.24) is 4.90 Å². The fraction of sp³-hybridized carbons (Fsp3) is 0.571. The molecule has 0 saturated carbocycles. The zero-order chi connectivity index (χ0) is 14.2. The number of halogens is 3. The van der Waals surface area contributed by atoms with E-state index in [0.717, 1.165) is 18.5 Å². The maximum Gasteiger partial charge on any atom is 0.266 e. The SMILES string of the molecule is Cc1cc(C2CC(CN)CN2C)cc(F)c1C(F)F. The van der Waals surface area contributed by atoms with Gasteiger partial charge >= 0.3 is 0 Å². The molecule has 2 atom stereocenters. The van der Waals surface area contributed by atoms with Crippen LogP contribution < -0.4 is 5.73 Å². The molecule has 19 heavy (non-hydrogen) atoms. The maximum absolute atomic E-state index is 13.8. The quantitative estimate of drug-likeness (QED) is 0.916. The van der Waals surface area contributed by atoms with Gasteiger partial charge in [-0.3, -0.25) is 4.90 Å². The van der Waals surface area contributed by atoms with Crippen molar-refractivity contribution in [2.24, 2.45) is 11.7 Å². The van der Waals surface area contributed by atoms with E-state index in [9.17, 15) is 13.2 Å². The van der Waals surface area contributed by atoms with Crippen molar-refractivity contribution in [3.05, 3.63) is 34.6 Å². The van der Waals surface area contributed by atoms with E-state index in [4.69, 9.17) is 5.73 Å². The van der Waals surface area contributed by atoms with Crippen LogP contribution in [0.2, 0.25) is 0 Å². The van der Waals surface area contributed by atoms with Gasteiger partial charge in [-0.05, 0) is 50.0 Å². The van der Waals surface area contributed by atoms with Crippen LogP contribution in [-0.4, -0.2) is 25.0 Å². The number of hydrogen-bond donors (Lipinski definition) is 1. The molecule has 0 aliphatic carbocycles. The monoisotopic (exact) mass is 272 g/mol. The van der Waals surface area contributed by atoms with Gasteiger partial charge in [-0.1, -0.05) is 6.07 Å². The summed E-state index contributed by atoms with van der Waals surface area (Å²) in [5, 5.41) is 0. The van der Waals surface area contributed by atoms with E-state index in [1.807, 2.05) is 7.05 Å². The Morgan fingerprint density at radius 1 is 1.42 bits per heavy atom. The number of benzene rings is 1. The van der Waals surface area contributed by atoms with E-state index < -0.39 is 17.8 Å². The average Bonchev–Trinajstić information content (AvgIpc) is 2.69. The number of likely N-dealkylation sites (tertiary alicyclic amines) is 1. The fourth-order valence-corrected chi connectivity index (χ4v) is 2.92. The van der Waals surface area contributed by atoms with Crippen molar-refractivity contribution in [1.29, 1.82) is 0 Å². The molecule has 0 amide bonds. The van der Waals surface area contributed by atoms with Crippen LogP contribution in [0.5, 0.6) is 0 Å². The molecule has 1 aliphatic heterocycles. The Hall–Kier alpha value is -1.07. The fourth-order valence-electron chi connectivity index (χ4n) is 2.92. The first-order chi connectivity index (χ1) is 8.93. The summed E-state index contributed by atoms with van der Waals surface area (Å²) in [4.78, 5) is 2.10. The van der Waals surface area contributed by atoms with Crippen LogP contribution in [0.3, 0.4) is 0 Å².